The highest BCUT2D eigenvalue weighted by Crippen LogP contribution is 2.31. The van der Waals surface area contributed by atoms with Crippen molar-refractivity contribution >= 4 is 39.3 Å². The summed E-state index contributed by atoms with van der Waals surface area (Å²) >= 11 is 11.0. The first-order valence-electron chi connectivity index (χ1n) is 6.36. The Bertz CT molecular complexity index is 573. The highest BCUT2D eigenvalue weighted by molar-refractivity contribution is 9.10. The van der Waals surface area contributed by atoms with E-state index < -0.39 is 0 Å². The molecule has 0 saturated carbocycles. The van der Waals surface area contributed by atoms with E-state index in [1.165, 1.54) is 10.5 Å². The Balaban J connectivity index is 2.19. The Morgan fingerprint density at radius 1 is 1.30 bits per heavy atom. The van der Waals surface area contributed by atoms with Gasteiger partial charge in [0.05, 0.1) is 5.02 Å². The number of benzene rings is 1. The van der Waals surface area contributed by atoms with E-state index in [0.717, 1.165) is 16.0 Å². The van der Waals surface area contributed by atoms with Crippen LogP contribution in [-0.2, 0) is 6.54 Å². The van der Waals surface area contributed by atoms with Gasteiger partial charge in [-0.1, -0.05) is 53.1 Å². The van der Waals surface area contributed by atoms with Crippen LogP contribution < -0.4 is 5.32 Å². The van der Waals surface area contributed by atoms with Crippen LogP contribution >= 0.6 is 39.3 Å². The highest BCUT2D eigenvalue weighted by atomic mass is 79.9. The smallest absolute Gasteiger partial charge is 0.101 e. The first-order valence-corrected chi connectivity index (χ1v) is 8.34. The highest BCUT2D eigenvalue weighted by Gasteiger charge is 2.07. The van der Waals surface area contributed by atoms with Gasteiger partial charge in [-0.15, -0.1) is 0 Å². The zero-order valence-corrected chi connectivity index (χ0v) is 14.5. The molecule has 1 heterocycles. The van der Waals surface area contributed by atoms with Crippen molar-refractivity contribution in [3.63, 3.8) is 0 Å². The third kappa shape index (κ3) is 4.77. The van der Waals surface area contributed by atoms with E-state index in [0.29, 0.717) is 11.1 Å². The van der Waals surface area contributed by atoms with Crippen molar-refractivity contribution in [3.8, 4) is 0 Å². The Kier molecular flexibility index (Phi) is 5.90. The third-order valence-corrected chi connectivity index (χ3v) is 4.42. The average molecular weight is 372 g/mol. The quantitative estimate of drug-likeness (QED) is 0.787. The van der Waals surface area contributed by atoms with Gasteiger partial charge in [0, 0.05) is 28.2 Å². The Labute approximate surface area is 137 Å². The van der Waals surface area contributed by atoms with Crippen molar-refractivity contribution in [2.45, 2.75) is 36.4 Å². The maximum Gasteiger partial charge on any atom is 0.101 e. The van der Waals surface area contributed by atoms with Crippen LogP contribution in [0.2, 0.25) is 5.02 Å². The number of nitrogens with one attached hydrogen (secondary N) is 1. The van der Waals surface area contributed by atoms with Gasteiger partial charge in [0.15, 0.2) is 0 Å². The standard InChI is InChI=1S/C15H16BrClN2S/c1-10(2)18-8-11-7-12(16)3-5-14(11)20-15-6-4-13(17)9-19-15/h3-7,9-10,18H,8H2,1-2H3. The molecular formula is C15H16BrClN2S. The van der Waals surface area contributed by atoms with Gasteiger partial charge in [0.1, 0.15) is 5.03 Å². The SMILES string of the molecule is CC(C)NCc1cc(Br)ccc1Sc1ccc(Cl)cn1. The Morgan fingerprint density at radius 2 is 2.10 bits per heavy atom. The number of aromatic nitrogens is 1. The molecule has 0 bridgehead atoms. The first kappa shape index (κ1) is 15.8. The summed E-state index contributed by atoms with van der Waals surface area (Å²) in [5.41, 5.74) is 1.26. The van der Waals surface area contributed by atoms with Crippen molar-refractivity contribution < 1.29 is 0 Å². The molecule has 1 N–H and O–H groups in total. The fraction of sp³-hybridized carbons (Fsp3) is 0.267. The maximum absolute atomic E-state index is 5.86. The number of pyridine rings is 1. The predicted molar refractivity (Wildman–Crippen MR) is 89.5 cm³/mol. The lowest BCUT2D eigenvalue weighted by Gasteiger charge is -2.12. The molecule has 0 amide bonds. The molecule has 0 aliphatic heterocycles. The summed E-state index contributed by atoms with van der Waals surface area (Å²) in [4.78, 5) is 5.54. The molecule has 0 aliphatic rings. The second-order valence-corrected chi connectivity index (χ2v) is 7.12. The molecule has 1 aromatic heterocycles. The summed E-state index contributed by atoms with van der Waals surface area (Å²) in [6.45, 7) is 5.13. The van der Waals surface area contributed by atoms with Crippen LogP contribution in [0.25, 0.3) is 0 Å². The molecule has 0 saturated heterocycles. The number of halogens is 2. The van der Waals surface area contributed by atoms with Crippen LogP contribution in [-0.4, -0.2) is 11.0 Å². The molecule has 0 atom stereocenters. The van der Waals surface area contributed by atoms with Crippen LogP contribution in [0.1, 0.15) is 19.4 Å². The van der Waals surface area contributed by atoms with Crippen molar-refractivity contribution in [1.29, 1.82) is 0 Å². The molecule has 2 aromatic rings. The van der Waals surface area contributed by atoms with E-state index in [2.05, 4.69) is 58.3 Å². The number of hydrogen-bond acceptors (Lipinski definition) is 3. The van der Waals surface area contributed by atoms with E-state index in [1.54, 1.807) is 18.0 Å². The second-order valence-electron chi connectivity index (χ2n) is 4.70. The third-order valence-electron chi connectivity index (χ3n) is 2.64. The molecule has 0 radical (unpaired) electrons. The van der Waals surface area contributed by atoms with E-state index in [1.807, 2.05) is 12.1 Å². The van der Waals surface area contributed by atoms with Crippen LogP contribution in [0.4, 0.5) is 0 Å². The van der Waals surface area contributed by atoms with Gasteiger partial charge < -0.3 is 5.32 Å². The lowest BCUT2D eigenvalue weighted by atomic mass is 10.2. The van der Waals surface area contributed by atoms with Gasteiger partial charge in [0.25, 0.3) is 0 Å². The van der Waals surface area contributed by atoms with Gasteiger partial charge in [0.2, 0.25) is 0 Å². The summed E-state index contributed by atoms with van der Waals surface area (Å²) in [6.07, 6.45) is 1.68. The molecule has 106 valence electrons. The summed E-state index contributed by atoms with van der Waals surface area (Å²) in [5.74, 6) is 0. The minimum absolute atomic E-state index is 0.459. The topological polar surface area (TPSA) is 24.9 Å². The number of rotatable bonds is 5. The molecule has 20 heavy (non-hydrogen) atoms. The first-order chi connectivity index (χ1) is 9.54. The molecule has 1 aromatic carbocycles. The molecule has 0 aliphatic carbocycles. The van der Waals surface area contributed by atoms with Crippen molar-refractivity contribution in [3.05, 3.63) is 51.6 Å². The van der Waals surface area contributed by atoms with E-state index in [-0.39, 0.29) is 0 Å². The molecular weight excluding hydrogens is 356 g/mol. The molecule has 0 unspecified atom stereocenters. The van der Waals surface area contributed by atoms with Gasteiger partial charge >= 0.3 is 0 Å². The minimum Gasteiger partial charge on any atom is -0.310 e. The van der Waals surface area contributed by atoms with Crippen LogP contribution in [0, 0.1) is 0 Å². The van der Waals surface area contributed by atoms with Gasteiger partial charge in [-0.25, -0.2) is 4.98 Å². The van der Waals surface area contributed by atoms with Crippen LogP contribution in [0.3, 0.4) is 0 Å². The monoisotopic (exact) mass is 370 g/mol. The summed E-state index contributed by atoms with van der Waals surface area (Å²) in [5, 5.41) is 5.05. The van der Waals surface area contributed by atoms with E-state index in [4.69, 9.17) is 11.6 Å². The van der Waals surface area contributed by atoms with Crippen LogP contribution in [0.5, 0.6) is 0 Å². The predicted octanol–water partition coefficient (Wildman–Crippen LogP) is 5.15. The molecule has 2 rings (SSSR count). The molecule has 0 spiro atoms. The molecule has 5 heteroatoms. The number of nitrogens with zero attached hydrogens (tertiary/aromatic N) is 1. The zero-order chi connectivity index (χ0) is 14.5. The molecule has 2 nitrogen and oxygen atoms in total. The summed E-state index contributed by atoms with van der Waals surface area (Å²) in [6, 6.07) is 10.6. The molecule has 0 fully saturated rings. The Morgan fingerprint density at radius 3 is 2.75 bits per heavy atom. The Hall–Kier alpha value is -0.550. The number of hydrogen-bond donors (Lipinski definition) is 1. The van der Waals surface area contributed by atoms with Gasteiger partial charge in [-0.05, 0) is 35.9 Å². The normalized spacial score (nSPS) is 11.1. The summed E-state index contributed by atoms with van der Waals surface area (Å²) < 4.78 is 1.09. The van der Waals surface area contributed by atoms with Crippen molar-refractivity contribution in [2.24, 2.45) is 0 Å². The van der Waals surface area contributed by atoms with E-state index in [9.17, 15) is 0 Å². The average Bonchev–Trinajstić information content (AvgIpc) is 2.41. The lowest BCUT2D eigenvalue weighted by Crippen LogP contribution is -2.22. The largest absolute Gasteiger partial charge is 0.310 e. The second kappa shape index (κ2) is 7.46. The fourth-order valence-corrected chi connectivity index (χ4v) is 3.02. The fourth-order valence-electron chi connectivity index (χ4n) is 1.64. The lowest BCUT2D eigenvalue weighted by molar-refractivity contribution is 0.584. The summed E-state index contributed by atoms with van der Waals surface area (Å²) in [7, 11) is 0. The van der Waals surface area contributed by atoms with E-state index >= 15 is 0 Å². The van der Waals surface area contributed by atoms with Gasteiger partial charge in [-0.2, -0.15) is 0 Å². The van der Waals surface area contributed by atoms with Crippen molar-refractivity contribution in [1.82, 2.24) is 10.3 Å². The van der Waals surface area contributed by atoms with Crippen molar-refractivity contribution in [2.75, 3.05) is 0 Å². The van der Waals surface area contributed by atoms with Crippen LogP contribution in [0.15, 0.2) is 50.9 Å². The zero-order valence-electron chi connectivity index (χ0n) is 11.4. The van der Waals surface area contributed by atoms with Gasteiger partial charge in [-0.3, -0.25) is 0 Å². The maximum atomic E-state index is 5.86. The minimum atomic E-state index is 0.459.